The molecule has 1 saturated heterocycles. The van der Waals surface area contributed by atoms with Gasteiger partial charge in [-0.25, -0.2) is 9.97 Å². The third kappa shape index (κ3) is 8.18. The Morgan fingerprint density at radius 3 is 2.15 bits per heavy atom. The van der Waals surface area contributed by atoms with Crippen LogP contribution in [0.4, 0.5) is 11.6 Å². The van der Waals surface area contributed by atoms with Crippen molar-refractivity contribution in [1.29, 1.82) is 0 Å². The van der Waals surface area contributed by atoms with Crippen molar-refractivity contribution >= 4 is 23.2 Å². The van der Waals surface area contributed by atoms with E-state index in [2.05, 4.69) is 27.1 Å². The maximum Gasteiger partial charge on any atom is 0.227 e. The van der Waals surface area contributed by atoms with Gasteiger partial charge in [-0.1, -0.05) is 23.7 Å². The molecule has 40 heavy (non-hydrogen) atoms. The first-order valence-electron chi connectivity index (χ1n) is 13.7. The van der Waals surface area contributed by atoms with E-state index in [1.165, 1.54) is 5.56 Å². The van der Waals surface area contributed by atoms with E-state index in [9.17, 15) is 0 Å². The van der Waals surface area contributed by atoms with E-state index in [1.807, 2.05) is 85.8 Å². The maximum atomic E-state index is 5.97. The van der Waals surface area contributed by atoms with E-state index in [0.29, 0.717) is 19.2 Å². The monoisotopic (exact) mass is 557 g/mol. The summed E-state index contributed by atoms with van der Waals surface area (Å²) in [6.45, 7) is 8.65. The van der Waals surface area contributed by atoms with Crippen LogP contribution in [-0.4, -0.2) is 72.8 Å². The summed E-state index contributed by atoms with van der Waals surface area (Å²) in [5.41, 5.74) is 4.85. The SMILES string of the molecule is Cc1cc(-c2ccc(OCCc3ccc(Cl)cc3)cc2)nc(Nc2ccc(OCCN3CCN(C)CC3)cc2)n1. The van der Waals surface area contributed by atoms with Crippen LogP contribution in [0, 0.1) is 6.92 Å². The Hall–Kier alpha value is -3.65. The fourth-order valence-electron chi connectivity index (χ4n) is 4.56. The molecule has 0 spiro atoms. The van der Waals surface area contributed by atoms with Crippen LogP contribution in [0.15, 0.2) is 78.9 Å². The molecule has 1 fully saturated rings. The zero-order chi connectivity index (χ0) is 27.7. The average molecular weight is 558 g/mol. The lowest BCUT2D eigenvalue weighted by Gasteiger charge is -2.32. The summed E-state index contributed by atoms with van der Waals surface area (Å²) in [7, 11) is 2.17. The van der Waals surface area contributed by atoms with Gasteiger partial charge in [0.05, 0.1) is 12.3 Å². The lowest BCUT2D eigenvalue weighted by Crippen LogP contribution is -2.45. The molecule has 0 atom stereocenters. The Kier molecular flexibility index (Phi) is 9.50. The van der Waals surface area contributed by atoms with Crippen molar-refractivity contribution in [3.8, 4) is 22.8 Å². The molecule has 0 saturated carbocycles. The molecule has 7 nitrogen and oxygen atoms in total. The molecule has 208 valence electrons. The highest BCUT2D eigenvalue weighted by molar-refractivity contribution is 6.30. The second-order valence-corrected chi connectivity index (χ2v) is 10.5. The molecule has 5 rings (SSSR count). The first-order valence-corrected chi connectivity index (χ1v) is 14.1. The van der Waals surface area contributed by atoms with E-state index >= 15 is 0 Å². The van der Waals surface area contributed by atoms with Crippen LogP contribution in [0.5, 0.6) is 11.5 Å². The van der Waals surface area contributed by atoms with Gasteiger partial charge in [-0.05, 0) is 86.3 Å². The number of ether oxygens (including phenoxy) is 2. The van der Waals surface area contributed by atoms with Crippen LogP contribution >= 0.6 is 11.6 Å². The summed E-state index contributed by atoms with van der Waals surface area (Å²) < 4.78 is 11.9. The van der Waals surface area contributed by atoms with Gasteiger partial charge in [0.1, 0.15) is 18.1 Å². The molecule has 1 aliphatic heterocycles. The van der Waals surface area contributed by atoms with Gasteiger partial charge in [-0.15, -0.1) is 0 Å². The van der Waals surface area contributed by atoms with Crippen LogP contribution in [0.2, 0.25) is 5.02 Å². The molecule has 4 aromatic rings. The summed E-state index contributed by atoms with van der Waals surface area (Å²) in [4.78, 5) is 14.1. The number of piperazine rings is 1. The number of benzene rings is 3. The lowest BCUT2D eigenvalue weighted by molar-refractivity contribution is 0.134. The van der Waals surface area contributed by atoms with Gasteiger partial charge < -0.3 is 19.7 Å². The Morgan fingerprint density at radius 1 is 0.800 bits per heavy atom. The first-order chi connectivity index (χ1) is 19.5. The van der Waals surface area contributed by atoms with Gasteiger partial charge in [-0.2, -0.15) is 0 Å². The predicted molar refractivity (Wildman–Crippen MR) is 162 cm³/mol. The molecule has 0 unspecified atom stereocenters. The van der Waals surface area contributed by atoms with Crippen molar-refractivity contribution < 1.29 is 9.47 Å². The number of aryl methyl sites for hydroxylation is 1. The van der Waals surface area contributed by atoms with Gasteiger partial charge in [0.15, 0.2) is 0 Å². The number of anilines is 2. The highest BCUT2D eigenvalue weighted by Crippen LogP contribution is 2.24. The molecule has 1 aromatic heterocycles. The van der Waals surface area contributed by atoms with Gasteiger partial charge in [0, 0.05) is 61.1 Å². The molecule has 0 amide bonds. The first kappa shape index (κ1) is 27.9. The number of nitrogens with one attached hydrogen (secondary N) is 1. The Balaban J connectivity index is 1.13. The van der Waals surface area contributed by atoms with Crippen molar-refractivity contribution in [3.63, 3.8) is 0 Å². The van der Waals surface area contributed by atoms with E-state index in [1.54, 1.807) is 0 Å². The van der Waals surface area contributed by atoms with E-state index < -0.39 is 0 Å². The molecule has 2 heterocycles. The van der Waals surface area contributed by atoms with Gasteiger partial charge in [-0.3, -0.25) is 4.90 Å². The minimum atomic E-state index is 0.557. The molecule has 1 aliphatic rings. The molecular formula is C32H36ClN5O2. The summed E-state index contributed by atoms with van der Waals surface area (Å²) in [6.07, 6.45) is 0.822. The molecule has 0 aliphatic carbocycles. The summed E-state index contributed by atoms with van der Waals surface area (Å²) in [5.74, 6) is 2.25. The number of likely N-dealkylation sites (N-methyl/N-ethyl adjacent to an activating group) is 1. The summed E-state index contributed by atoms with van der Waals surface area (Å²) in [5, 5.41) is 4.07. The van der Waals surface area contributed by atoms with Gasteiger partial charge >= 0.3 is 0 Å². The smallest absolute Gasteiger partial charge is 0.227 e. The van der Waals surface area contributed by atoms with Gasteiger partial charge in [0.2, 0.25) is 5.95 Å². The Labute approximate surface area is 241 Å². The minimum absolute atomic E-state index is 0.557. The van der Waals surface area contributed by atoms with Crippen molar-refractivity contribution in [2.45, 2.75) is 13.3 Å². The maximum absolute atomic E-state index is 5.97. The van der Waals surface area contributed by atoms with Gasteiger partial charge in [0.25, 0.3) is 0 Å². The number of rotatable bonds is 11. The molecule has 0 radical (unpaired) electrons. The molecular weight excluding hydrogens is 522 g/mol. The van der Waals surface area contributed by atoms with Crippen LogP contribution in [0.25, 0.3) is 11.3 Å². The summed E-state index contributed by atoms with van der Waals surface area (Å²) >= 11 is 5.96. The number of aromatic nitrogens is 2. The highest BCUT2D eigenvalue weighted by atomic mass is 35.5. The highest BCUT2D eigenvalue weighted by Gasteiger charge is 2.13. The van der Waals surface area contributed by atoms with E-state index in [-0.39, 0.29) is 0 Å². The third-order valence-electron chi connectivity index (χ3n) is 6.96. The molecule has 0 bridgehead atoms. The fraction of sp³-hybridized carbons (Fsp3) is 0.312. The normalized spacial score (nSPS) is 14.2. The third-order valence-corrected chi connectivity index (χ3v) is 7.21. The van der Waals surface area contributed by atoms with E-state index in [0.717, 1.165) is 78.3 Å². The Morgan fingerprint density at radius 2 is 1.45 bits per heavy atom. The zero-order valence-electron chi connectivity index (χ0n) is 23.1. The molecule has 8 heteroatoms. The zero-order valence-corrected chi connectivity index (χ0v) is 23.9. The second kappa shape index (κ2) is 13.6. The van der Waals surface area contributed by atoms with E-state index in [4.69, 9.17) is 26.1 Å². The topological polar surface area (TPSA) is 62.8 Å². The van der Waals surface area contributed by atoms with Crippen molar-refractivity contribution in [3.05, 3.63) is 95.1 Å². The molecule has 1 N–H and O–H groups in total. The van der Waals surface area contributed by atoms with Crippen LogP contribution in [0.3, 0.4) is 0 Å². The minimum Gasteiger partial charge on any atom is -0.493 e. The van der Waals surface area contributed by atoms with Crippen LogP contribution in [-0.2, 0) is 6.42 Å². The number of hydrogen-bond donors (Lipinski definition) is 1. The van der Waals surface area contributed by atoms with Crippen molar-refractivity contribution in [2.24, 2.45) is 0 Å². The predicted octanol–water partition coefficient (Wildman–Crippen LogP) is 6.10. The number of halogens is 1. The summed E-state index contributed by atoms with van der Waals surface area (Å²) in [6, 6.07) is 25.8. The number of nitrogens with zero attached hydrogens (tertiary/aromatic N) is 4. The van der Waals surface area contributed by atoms with Crippen LogP contribution in [0.1, 0.15) is 11.3 Å². The quantitative estimate of drug-likeness (QED) is 0.239. The molecule has 3 aromatic carbocycles. The van der Waals surface area contributed by atoms with Crippen molar-refractivity contribution in [1.82, 2.24) is 19.8 Å². The Bertz CT molecular complexity index is 1360. The van der Waals surface area contributed by atoms with Crippen LogP contribution < -0.4 is 14.8 Å². The largest absolute Gasteiger partial charge is 0.493 e. The van der Waals surface area contributed by atoms with Crippen molar-refractivity contribution in [2.75, 3.05) is 58.3 Å². The second-order valence-electron chi connectivity index (χ2n) is 10.1. The lowest BCUT2D eigenvalue weighted by atomic mass is 10.1. The average Bonchev–Trinajstić information content (AvgIpc) is 2.96. The fourth-order valence-corrected chi connectivity index (χ4v) is 4.69. The number of hydrogen-bond acceptors (Lipinski definition) is 7. The standard InChI is InChI=1S/C32H36ClN5O2/c1-24-23-31(26-5-11-29(12-6-26)39-21-15-25-3-7-27(33)8-4-25)36-32(34-24)35-28-9-13-30(14-10-28)40-22-20-38-18-16-37(2)17-19-38/h3-14,23H,15-22H2,1-2H3,(H,34,35,36).